The summed E-state index contributed by atoms with van der Waals surface area (Å²) in [6, 6.07) is 9.75. The van der Waals surface area contributed by atoms with Crippen LogP contribution in [-0.4, -0.2) is 25.9 Å². The first-order chi connectivity index (χ1) is 11.2. The molecule has 0 aliphatic carbocycles. The molecule has 23 heavy (non-hydrogen) atoms. The number of carbonyl (C=O) groups is 1. The summed E-state index contributed by atoms with van der Waals surface area (Å²) in [7, 11) is 0. The maximum atomic E-state index is 12.9. The standard InChI is InChI=1S/C16H14FN5O/c17-14-3-1-13(2-4-14)10-22-11-15(20-21-22)16(23)19-9-12-5-7-18-8-6-12/h1-8,11H,9-10H2,(H,19,23). The van der Waals surface area contributed by atoms with E-state index < -0.39 is 0 Å². The van der Waals surface area contributed by atoms with Gasteiger partial charge < -0.3 is 5.32 Å². The number of rotatable bonds is 5. The third-order valence-corrected chi connectivity index (χ3v) is 3.23. The molecular formula is C16H14FN5O. The Morgan fingerprint density at radius 3 is 2.57 bits per heavy atom. The maximum Gasteiger partial charge on any atom is 0.273 e. The van der Waals surface area contributed by atoms with Crippen LogP contribution in [0.15, 0.2) is 55.0 Å². The van der Waals surface area contributed by atoms with Crippen LogP contribution in [-0.2, 0) is 13.1 Å². The summed E-state index contributed by atoms with van der Waals surface area (Å²) in [4.78, 5) is 16.0. The van der Waals surface area contributed by atoms with E-state index in [1.54, 1.807) is 30.7 Å². The molecule has 1 N–H and O–H groups in total. The summed E-state index contributed by atoms with van der Waals surface area (Å²) >= 11 is 0. The van der Waals surface area contributed by atoms with Gasteiger partial charge in [-0.15, -0.1) is 5.10 Å². The van der Waals surface area contributed by atoms with Crippen LogP contribution in [0.4, 0.5) is 4.39 Å². The van der Waals surface area contributed by atoms with Crippen LogP contribution in [0.5, 0.6) is 0 Å². The van der Waals surface area contributed by atoms with Crippen molar-refractivity contribution in [1.29, 1.82) is 0 Å². The van der Waals surface area contributed by atoms with Crippen molar-refractivity contribution in [3.63, 3.8) is 0 Å². The SMILES string of the molecule is O=C(NCc1ccncc1)c1cn(Cc2ccc(F)cc2)nn1. The van der Waals surface area contributed by atoms with E-state index in [0.717, 1.165) is 11.1 Å². The van der Waals surface area contributed by atoms with Gasteiger partial charge in [-0.05, 0) is 35.4 Å². The van der Waals surface area contributed by atoms with Crippen molar-refractivity contribution in [2.75, 3.05) is 0 Å². The lowest BCUT2D eigenvalue weighted by Gasteiger charge is -2.02. The van der Waals surface area contributed by atoms with Crippen LogP contribution in [0.25, 0.3) is 0 Å². The lowest BCUT2D eigenvalue weighted by molar-refractivity contribution is 0.0946. The largest absolute Gasteiger partial charge is 0.347 e. The second kappa shape index (κ2) is 6.78. The number of carbonyl (C=O) groups excluding carboxylic acids is 1. The number of amides is 1. The van der Waals surface area contributed by atoms with Crippen LogP contribution >= 0.6 is 0 Å². The highest BCUT2D eigenvalue weighted by molar-refractivity contribution is 5.91. The summed E-state index contributed by atoms with van der Waals surface area (Å²) in [6.07, 6.45) is 4.90. The quantitative estimate of drug-likeness (QED) is 0.780. The third kappa shape index (κ3) is 3.97. The summed E-state index contributed by atoms with van der Waals surface area (Å²) in [6.45, 7) is 0.817. The molecule has 0 aliphatic rings. The van der Waals surface area contributed by atoms with Gasteiger partial charge >= 0.3 is 0 Å². The second-order valence-corrected chi connectivity index (χ2v) is 4.97. The predicted octanol–water partition coefficient (Wildman–Crippen LogP) is 1.79. The Morgan fingerprint density at radius 1 is 1.09 bits per heavy atom. The molecule has 3 rings (SSSR count). The Bertz CT molecular complexity index is 786. The van der Waals surface area contributed by atoms with Crippen molar-refractivity contribution >= 4 is 5.91 Å². The average Bonchev–Trinajstić information content (AvgIpc) is 3.04. The molecule has 3 aromatic rings. The van der Waals surface area contributed by atoms with Crippen molar-refractivity contribution < 1.29 is 9.18 Å². The zero-order valence-electron chi connectivity index (χ0n) is 12.2. The Labute approximate surface area is 132 Å². The number of pyridine rings is 1. The first-order valence-corrected chi connectivity index (χ1v) is 7.02. The van der Waals surface area contributed by atoms with E-state index in [9.17, 15) is 9.18 Å². The van der Waals surface area contributed by atoms with Crippen molar-refractivity contribution in [3.05, 3.63) is 77.6 Å². The second-order valence-electron chi connectivity index (χ2n) is 4.97. The smallest absolute Gasteiger partial charge is 0.273 e. The summed E-state index contributed by atoms with van der Waals surface area (Å²) < 4.78 is 14.4. The van der Waals surface area contributed by atoms with Crippen molar-refractivity contribution in [3.8, 4) is 0 Å². The highest BCUT2D eigenvalue weighted by Crippen LogP contribution is 2.05. The number of benzene rings is 1. The molecule has 116 valence electrons. The van der Waals surface area contributed by atoms with Gasteiger partial charge in [0.05, 0.1) is 12.7 Å². The highest BCUT2D eigenvalue weighted by Gasteiger charge is 2.10. The van der Waals surface area contributed by atoms with Crippen LogP contribution < -0.4 is 5.32 Å². The van der Waals surface area contributed by atoms with E-state index in [0.29, 0.717) is 13.1 Å². The molecule has 6 nitrogen and oxygen atoms in total. The van der Waals surface area contributed by atoms with Gasteiger partial charge in [-0.25, -0.2) is 9.07 Å². The average molecular weight is 311 g/mol. The molecule has 0 saturated heterocycles. The molecule has 0 aliphatic heterocycles. The molecule has 0 bridgehead atoms. The van der Waals surface area contributed by atoms with E-state index in [1.165, 1.54) is 16.8 Å². The van der Waals surface area contributed by atoms with Gasteiger partial charge in [0.2, 0.25) is 0 Å². The molecular weight excluding hydrogens is 297 g/mol. The molecule has 0 radical (unpaired) electrons. The van der Waals surface area contributed by atoms with Crippen LogP contribution in [0, 0.1) is 5.82 Å². The molecule has 1 amide bonds. The van der Waals surface area contributed by atoms with E-state index in [4.69, 9.17) is 0 Å². The number of halogens is 1. The zero-order valence-corrected chi connectivity index (χ0v) is 12.2. The minimum atomic E-state index is -0.299. The van der Waals surface area contributed by atoms with E-state index in [2.05, 4.69) is 20.6 Å². The van der Waals surface area contributed by atoms with Crippen molar-refractivity contribution in [1.82, 2.24) is 25.3 Å². The summed E-state index contributed by atoms with van der Waals surface area (Å²) in [5, 5.41) is 10.5. The van der Waals surface area contributed by atoms with Gasteiger partial charge in [0.25, 0.3) is 5.91 Å². The van der Waals surface area contributed by atoms with E-state index in [-0.39, 0.29) is 17.4 Å². The summed E-state index contributed by atoms with van der Waals surface area (Å²) in [5.41, 5.74) is 2.06. The third-order valence-electron chi connectivity index (χ3n) is 3.23. The molecule has 0 fully saturated rings. The normalized spacial score (nSPS) is 10.5. The maximum absolute atomic E-state index is 12.9. The Kier molecular flexibility index (Phi) is 4.37. The molecule has 0 unspecified atom stereocenters. The van der Waals surface area contributed by atoms with E-state index >= 15 is 0 Å². The zero-order chi connectivity index (χ0) is 16.1. The van der Waals surface area contributed by atoms with Gasteiger partial charge in [-0.1, -0.05) is 17.3 Å². The molecule has 0 spiro atoms. The van der Waals surface area contributed by atoms with E-state index in [1.807, 2.05) is 12.1 Å². The van der Waals surface area contributed by atoms with Crippen molar-refractivity contribution in [2.45, 2.75) is 13.1 Å². The molecule has 2 heterocycles. The number of nitrogens with one attached hydrogen (secondary N) is 1. The number of nitrogens with zero attached hydrogens (tertiary/aromatic N) is 4. The Balaban J connectivity index is 1.59. The fourth-order valence-electron chi connectivity index (χ4n) is 2.03. The minimum Gasteiger partial charge on any atom is -0.347 e. The minimum absolute atomic E-state index is 0.237. The van der Waals surface area contributed by atoms with Crippen LogP contribution in [0.3, 0.4) is 0 Å². The molecule has 0 atom stereocenters. The fourth-order valence-corrected chi connectivity index (χ4v) is 2.03. The van der Waals surface area contributed by atoms with Crippen molar-refractivity contribution in [2.24, 2.45) is 0 Å². The first-order valence-electron chi connectivity index (χ1n) is 7.02. The lowest BCUT2D eigenvalue weighted by Crippen LogP contribution is -2.23. The molecule has 7 heteroatoms. The number of aromatic nitrogens is 4. The Hall–Kier alpha value is -3.09. The van der Waals surface area contributed by atoms with Gasteiger partial charge in [-0.3, -0.25) is 9.78 Å². The summed E-state index contributed by atoms with van der Waals surface area (Å²) in [5.74, 6) is -0.587. The topological polar surface area (TPSA) is 72.7 Å². The van der Waals surface area contributed by atoms with Gasteiger partial charge in [-0.2, -0.15) is 0 Å². The lowest BCUT2D eigenvalue weighted by atomic mass is 10.2. The number of hydrogen-bond donors (Lipinski definition) is 1. The Morgan fingerprint density at radius 2 is 1.83 bits per heavy atom. The molecule has 2 aromatic heterocycles. The van der Waals surface area contributed by atoms with Gasteiger partial charge in [0.1, 0.15) is 5.82 Å². The predicted molar refractivity (Wildman–Crippen MR) is 80.9 cm³/mol. The van der Waals surface area contributed by atoms with Gasteiger partial charge in [0.15, 0.2) is 5.69 Å². The first kappa shape index (κ1) is 14.8. The number of hydrogen-bond acceptors (Lipinski definition) is 4. The van der Waals surface area contributed by atoms with Crippen LogP contribution in [0.1, 0.15) is 21.6 Å². The monoisotopic (exact) mass is 311 g/mol. The highest BCUT2D eigenvalue weighted by atomic mass is 19.1. The molecule has 1 aromatic carbocycles. The molecule has 0 saturated carbocycles. The fraction of sp³-hybridized carbons (Fsp3) is 0.125. The van der Waals surface area contributed by atoms with Gasteiger partial charge in [0, 0.05) is 18.9 Å². The van der Waals surface area contributed by atoms with Crippen LogP contribution in [0.2, 0.25) is 0 Å².